The number of aryl methyl sites for hydroxylation is 1. The van der Waals surface area contributed by atoms with E-state index >= 15 is 0 Å². The Hall–Kier alpha value is -3.47. The minimum atomic E-state index is 0.0685. The van der Waals surface area contributed by atoms with Gasteiger partial charge in [-0.3, -0.25) is 5.10 Å². The van der Waals surface area contributed by atoms with Gasteiger partial charge in [0.05, 0.1) is 18.1 Å². The number of aromatic hydroxyl groups is 1. The average Bonchev–Trinajstić information content (AvgIpc) is 3.39. The summed E-state index contributed by atoms with van der Waals surface area (Å²) >= 11 is 0. The summed E-state index contributed by atoms with van der Waals surface area (Å²) in [6, 6.07) is 6.90. The average molecular weight is 363 g/mol. The summed E-state index contributed by atoms with van der Waals surface area (Å²) in [7, 11) is 0. The van der Waals surface area contributed by atoms with Crippen molar-refractivity contribution in [2.24, 2.45) is 0 Å². The lowest BCUT2D eigenvalue weighted by atomic mass is 10.2. The minimum Gasteiger partial charge on any atom is -0.506 e. The Morgan fingerprint density at radius 2 is 1.81 bits per heavy atom. The Bertz CT molecular complexity index is 916. The molecule has 3 aromatic rings. The zero-order chi connectivity index (χ0) is 19.1. The fourth-order valence-electron chi connectivity index (χ4n) is 2.72. The van der Waals surface area contributed by atoms with E-state index in [0.29, 0.717) is 23.0 Å². The number of nitriles is 1. The second-order valence-corrected chi connectivity index (χ2v) is 6.28. The van der Waals surface area contributed by atoms with Gasteiger partial charge in [0.15, 0.2) is 11.5 Å². The maximum absolute atomic E-state index is 9.86. The Labute approximate surface area is 157 Å². The molecule has 3 N–H and O–H groups in total. The number of nitrogens with zero attached hydrogens (tertiary/aromatic N) is 5. The number of rotatable bonds is 3. The molecule has 0 radical (unpaired) electrons. The van der Waals surface area contributed by atoms with Crippen molar-refractivity contribution >= 4 is 11.6 Å². The number of nitrogens with one attached hydrogen (secondary N) is 2. The first-order valence-corrected chi connectivity index (χ1v) is 8.87. The molecule has 0 atom stereocenters. The minimum absolute atomic E-state index is 0.0685. The van der Waals surface area contributed by atoms with Crippen molar-refractivity contribution in [3.8, 4) is 23.2 Å². The fraction of sp³-hybridized carbons (Fsp3) is 0.316. The molecule has 0 amide bonds. The molecular formula is C19H21N7O. The van der Waals surface area contributed by atoms with Crippen LogP contribution in [0.1, 0.15) is 43.5 Å². The van der Waals surface area contributed by atoms with E-state index in [1.165, 1.54) is 44.5 Å². The number of hydrogen-bond acceptors (Lipinski definition) is 7. The molecule has 0 spiro atoms. The molecule has 0 unspecified atom stereocenters. The van der Waals surface area contributed by atoms with Crippen LogP contribution in [0.3, 0.4) is 0 Å². The highest BCUT2D eigenvalue weighted by Gasteiger charge is 2.10. The zero-order valence-corrected chi connectivity index (χ0v) is 15.1. The van der Waals surface area contributed by atoms with Gasteiger partial charge in [-0.15, -0.1) is 0 Å². The molecule has 0 aliphatic heterocycles. The van der Waals surface area contributed by atoms with Gasteiger partial charge < -0.3 is 10.4 Å². The van der Waals surface area contributed by atoms with E-state index in [0.717, 1.165) is 5.69 Å². The predicted molar refractivity (Wildman–Crippen MR) is 101 cm³/mol. The molecule has 0 saturated heterocycles. The fourth-order valence-corrected chi connectivity index (χ4v) is 2.72. The molecule has 4 rings (SSSR count). The molecule has 0 bridgehead atoms. The van der Waals surface area contributed by atoms with E-state index in [9.17, 15) is 5.11 Å². The maximum Gasteiger partial charge on any atom is 0.158 e. The van der Waals surface area contributed by atoms with Gasteiger partial charge in [-0.05, 0) is 19.1 Å². The van der Waals surface area contributed by atoms with Crippen molar-refractivity contribution in [1.29, 1.82) is 5.26 Å². The highest BCUT2D eigenvalue weighted by molar-refractivity contribution is 5.66. The summed E-state index contributed by atoms with van der Waals surface area (Å²) in [5.41, 5.74) is 2.02. The molecule has 1 aliphatic rings. The molecular weight excluding hydrogens is 342 g/mol. The summed E-state index contributed by atoms with van der Waals surface area (Å²) in [6.45, 7) is 1.84. The third kappa shape index (κ3) is 5.01. The largest absolute Gasteiger partial charge is 0.506 e. The lowest BCUT2D eigenvalue weighted by molar-refractivity contribution is 0.474. The highest BCUT2D eigenvalue weighted by atomic mass is 16.3. The number of pyridine rings is 1. The summed E-state index contributed by atoms with van der Waals surface area (Å²) in [5.74, 6) is 1.02. The van der Waals surface area contributed by atoms with Crippen LogP contribution in [-0.2, 0) is 0 Å². The second kappa shape index (κ2) is 8.76. The van der Waals surface area contributed by atoms with Crippen molar-refractivity contribution in [1.82, 2.24) is 25.1 Å². The summed E-state index contributed by atoms with van der Waals surface area (Å²) < 4.78 is 0. The molecule has 0 aromatic carbocycles. The van der Waals surface area contributed by atoms with Crippen LogP contribution in [0.25, 0.3) is 11.4 Å². The van der Waals surface area contributed by atoms with E-state index in [4.69, 9.17) is 5.26 Å². The lowest BCUT2D eigenvalue weighted by Crippen LogP contribution is -1.95. The summed E-state index contributed by atoms with van der Waals surface area (Å²) in [4.78, 5) is 12.2. The Balaban J connectivity index is 0.000000364. The predicted octanol–water partition coefficient (Wildman–Crippen LogP) is 3.84. The van der Waals surface area contributed by atoms with Crippen LogP contribution in [0.15, 0.2) is 30.6 Å². The van der Waals surface area contributed by atoms with E-state index in [2.05, 4.69) is 30.5 Å². The van der Waals surface area contributed by atoms with Gasteiger partial charge in [0, 0.05) is 11.8 Å². The molecule has 8 nitrogen and oxygen atoms in total. The van der Waals surface area contributed by atoms with Crippen molar-refractivity contribution in [2.75, 3.05) is 5.32 Å². The van der Waals surface area contributed by atoms with Gasteiger partial charge in [-0.25, -0.2) is 15.0 Å². The van der Waals surface area contributed by atoms with Crippen LogP contribution in [0.5, 0.6) is 5.75 Å². The molecule has 138 valence electrons. The molecule has 3 heterocycles. The first kappa shape index (κ1) is 18.3. The van der Waals surface area contributed by atoms with Crippen molar-refractivity contribution in [3.05, 3.63) is 42.0 Å². The molecule has 8 heteroatoms. The van der Waals surface area contributed by atoms with Gasteiger partial charge in [0.25, 0.3) is 0 Å². The van der Waals surface area contributed by atoms with E-state index < -0.39 is 0 Å². The third-order valence-electron chi connectivity index (χ3n) is 4.12. The van der Waals surface area contributed by atoms with Crippen molar-refractivity contribution in [2.45, 2.75) is 39.0 Å². The van der Waals surface area contributed by atoms with Gasteiger partial charge in [0.1, 0.15) is 23.3 Å². The van der Waals surface area contributed by atoms with Gasteiger partial charge in [-0.2, -0.15) is 10.4 Å². The monoisotopic (exact) mass is 363 g/mol. The number of aromatic amines is 1. The topological polar surface area (TPSA) is 123 Å². The Morgan fingerprint density at radius 3 is 2.44 bits per heavy atom. The molecule has 1 fully saturated rings. The van der Waals surface area contributed by atoms with Crippen LogP contribution >= 0.6 is 0 Å². The van der Waals surface area contributed by atoms with E-state index in [1.807, 2.05) is 13.0 Å². The standard InChI is InChI=1S/C14H11N7O.C5H10/c1-8-2-3-11(22)14(18-8)10-4-12(21-20-10)19-13-7-16-9(5-15)6-17-13;1-2-4-5-3-1/h2-4,6-7,22H,1H3,(H2,17,19,20,21);1-5H2. The first-order chi connectivity index (χ1) is 13.2. The van der Waals surface area contributed by atoms with Crippen LogP contribution in [0, 0.1) is 18.3 Å². The maximum atomic E-state index is 9.86. The van der Waals surface area contributed by atoms with Crippen molar-refractivity contribution in [3.63, 3.8) is 0 Å². The molecule has 1 saturated carbocycles. The molecule has 1 aliphatic carbocycles. The number of hydrogen-bond donors (Lipinski definition) is 3. The van der Waals surface area contributed by atoms with Crippen LogP contribution in [0.2, 0.25) is 0 Å². The SMILES string of the molecule is C1CCCC1.Cc1ccc(O)c(-c2cc(Nc3cnc(C#N)cn3)n[nH]2)n1. The lowest BCUT2D eigenvalue weighted by Gasteiger charge is -2.01. The van der Waals surface area contributed by atoms with E-state index in [-0.39, 0.29) is 11.4 Å². The zero-order valence-electron chi connectivity index (χ0n) is 15.1. The smallest absolute Gasteiger partial charge is 0.158 e. The quantitative estimate of drug-likeness (QED) is 0.646. The first-order valence-electron chi connectivity index (χ1n) is 8.87. The van der Waals surface area contributed by atoms with Crippen LogP contribution < -0.4 is 5.32 Å². The molecule has 27 heavy (non-hydrogen) atoms. The Kier molecular flexibility index (Phi) is 5.94. The van der Waals surface area contributed by atoms with Gasteiger partial charge >= 0.3 is 0 Å². The van der Waals surface area contributed by atoms with Crippen LogP contribution in [0.4, 0.5) is 11.6 Å². The van der Waals surface area contributed by atoms with Crippen molar-refractivity contribution < 1.29 is 5.11 Å². The number of anilines is 2. The van der Waals surface area contributed by atoms with Gasteiger partial charge in [-0.1, -0.05) is 32.1 Å². The van der Waals surface area contributed by atoms with Crippen LogP contribution in [-0.4, -0.2) is 30.3 Å². The number of H-pyrrole nitrogens is 1. The van der Waals surface area contributed by atoms with E-state index in [1.54, 1.807) is 18.2 Å². The number of aromatic nitrogens is 5. The summed E-state index contributed by atoms with van der Waals surface area (Å²) in [5, 5.41) is 28.4. The molecule has 3 aromatic heterocycles. The Morgan fingerprint density at radius 1 is 1.07 bits per heavy atom. The highest BCUT2D eigenvalue weighted by Crippen LogP contribution is 2.27. The second-order valence-electron chi connectivity index (χ2n) is 6.28. The van der Waals surface area contributed by atoms with Gasteiger partial charge in [0.2, 0.25) is 0 Å². The third-order valence-corrected chi connectivity index (χ3v) is 4.12. The summed E-state index contributed by atoms with van der Waals surface area (Å²) in [6.07, 6.45) is 10.3. The normalized spacial score (nSPS) is 12.7.